The van der Waals surface area contributed by atoms with Gasteiger partial charge in [0.25, 0.3) is 0 Å². The Bertz CT molecular complexity index is 1550. The van der Waals surface area contributed by atoms with Gasteiger partial charge in [-0.25, -0.2) is 20.4 Å². The van der Waals surface area contributed by atoms with Crippen molar-refractivity contribution in [1.82, 2.24) is 10.9 Å². The van der Waals surface area contributed by atoms with Gasteiger partial charge in [-0.2, -0.15) is 10.2 Å². The molecule has 12 heteroatoms. The zero-order valence-corrected chi connectivity index (χ0v) is 24.4. The van der Waals surface area contributed by atoms with Crippen LogP contribution < -0.4 is 10.9 Å². The van der Waals surface area contributed by atoms with E-state index in [-0.39, 0.29) is 12.2 Å². The van der Waals surface area contributed by atoms with Crippen molar-refractivity contribution < 1.29 is 37.5 Å². The normalized spacial score (nSPS) is 11.3. The number of ether oxygens (including phenoxy) is 2. The fourth-order valence-corrected chi connectivity index (χ4v) is 3.67. The van der Waals surface area contributed by atoms with Crippen LogP contribution in [0, 0.1) is 0 Å². The highest BCUT2D eigenvalue weighted by Crippen LogP contribution is 2.23. The highest BCUT2D eigenvalue weighted by molar-refractivity contribution is 6.35. The lowest BCUT2D eigenvalue weighted by Gasteiger charge is -2.07. The molecule has 12 nitrogen and oxygen atoms in total. The Morgan fingerprint density at radius 1 is 0.591 bits per heavy atom. The predicted molar refractivity (Wildman–Crippen MR) is 161 cm³/mol. The average Bonchev–Trinajstić information content (AvgIpc) is 3.67. The van der Waals surface area contributed by atoms with Crippen molar-refractivity contribution in [3.05, 3.63) is 95.4 Å². The maximum Gasteiger partial charge on any atom is 0.338 e. The van der Waals surface area contributed by atoms with Crippen LogP contribution in [0.4, 0.5) is 0 Å². The molecule has 0 saturated heterocycles. The molecule has 0 spiro atoms. The van der Waals surface area contributed by atoms with Gasteiger partial charge in [-0.3, -0.25) is 9.59 Å². The van der Waals surface area contributed by atoms with Gasteiger partial charge in [-0.05, 0) is 76.2 Å². The molecule has 0 bridgehead atoms. The van der Waals surface area contributed by atoms with Crippen LogP contribution in [0.5, 0.6) is 0 Å². The number of amides is 2. The summed E-state index contributed by atoms with van der Waals surface area (Å²) in [5.41, 5.74) is 6.46. The summed E-state index contributed by atoms with van der Waals surface area (Å²) in [5, 5.41) is 7.46. The van der Waals surface area contributed by atoms with E-state index >= 15 is 0 Å². The van der Waals surface area contributed by atoms with E-state index in [1.54, 1.807) is 100 Å². The van der Waals surface area contributed by atoms with Crippen molar-refractivity contribution in [2.45, 2.75) is 39.9 Å². The Morgan fingerprint density at radius 3 is 1.30 bits per heavy atom. The monoisotopic (exact) mass is 598 g/mol. The molecule has 0 atom stereocenters. The summed E-state index contributed by atoms with van der Waals surface area (Å²) in [6.45, 7) is 7.10. The highest BCUT2D eigenvalue weighted by atomic mass is 16.5. The van der Waals surface area contributed by atoms with Gasteiger partial charge < -0.3 is 18.3 Å². The number of esters is 2. The Morgan fingerprint density at radius 2 is 0.955 bits per heavy atom. The minimum absolute atomic E-state index is 0.217. The number of carbonyl (C=O) groups excluding carboxylic acids is 4. The van der Waals surface area contributed by atoms with Gasteiger partial charge in [0.1, 0.15) is 23.0 Å². The van der Waals surface area contributed by atoms with Crippen LogP contribution in [0.3, 0.4) is 0 Å². The second kappa shape index (κ2) is 14.4. The number of benzene rings is 2. The van der Waals surface area contributed by atoms with Gasteiger partial charge in [0, 0.05) is 11.1 Å². The zero-order chi connectivity index (χ0) is 31.6. The second-order valence-corrected chi connectivity index (χ2v) is 9.87. The van der Waals surface area contributed by atoms with Crippen molar-refractivity contribution in [2.75, 3.05) is 0 Å². The van der Waals surface area contributed by atoms with Crippen LogP contribution in [0.2, 0.25) is 0 Å². The van der Waals surface area contributed by atoms with E-state index in [2.05, 4.69) is 21.1 Å². The van der Waals surface area contributed by atoms with E-state index in [4.69, 9.17) is 18.3 Å². The third kappa shape index (κ3) is 8.61. The summed E-state index contributed by atoms with van der Waals surface area (Å²) in [7, 11) is 0. The number of hydrazone groups is 2. The fourth-order valence-electron chi connectivity index (χ4n) is 3.67. The smallest absolute Gasteiger partial charge is 0.338 e. The number of carbonyl (C=O) groups is 4. The van der Waals surface area contributed by atoms with Crippen LogP contribution in [0.25, 0.3) is 22.6 Å². The molecule has 0 fully saturated rings. The molecular formula is C32H30N4O8. The fraction of sp³-hybridized carbons (Fsp3) is 0.188. The second-order valence-electron chi connectivity index (χ2n) is 9.87. The van der Waals surface area contributed by atoms with Crippen LogP contribution in [-0.2, 0) is 19.1 Å². The van der Waals surface area contributed by atoms with Gasteiger partial charge in [0.05, 0.1) is 35.8 Å². The van der Waals surface area contributed by atoms with Crippen LogP contribution >= 0.6 is 0 Å². The summed E-state index contributed by atoms with van der Waals surface area (Å²) >= 11 is 0. The van der Waals surface area contributed by atoms with E-state index in [0.29, 0.717) is 34.2 Å². The summed E-state index contributed by atoms with van der Waals surface area (Å²) in [6, 6.07) is 20.1. The Balaban J connectivity index is 1.24. The number of furan rings is 2. The largest absolute Gasteiger partial charge is 0.459 e. The number of rotatable bonds is 10. The molecule has 2 amide bonds. The quantitative estimate of drug-likeness (QED) is 0.112. The first-order valence-electron chi connectivity index (χ1n) is 13.6. The van der Waals surface area contributed by atoms with Crippen LogP contribution in [0.15, 0.2) is 91.8 Å². The van der Waals surface area contributed by atoms with Crippen LogP contribution in [-0.4, -0.2) is 48.4 Å². The van der Waals surface area contributed by atoms with Gasteiger partial charge >= 0.3 is 23.8 Å². The lowest BCUT2D eigenvalue weighted by molar-refractivity contribution is -0.139. The first-order valence-corrected chi connectivity index (χ1v) is 13.6. The molecule has 0 aliphatic heterocycles. The molecule has 44 heavy (non-hydrogen) atoms. The van der Waals surface area contributed by atoms with Crippen molar-refractivity contribution in [2.24, 2.45) is 10.2 Å². The minimum Gasteiger partial charge on any atom is -0.459 e. The van der Waals surface area contributed by atoms with Crippen LogP contribution in [0.1, 0.15) is 59.9 Å². The molecule has 4 aromatic rings. The van der Waals surface area contributed by atoms with Gasteiger partial charge in [0.2, 0.25) is 0 Å². The number of nitrogens with zero attached hydrogens (tertiary/aromatic N) is 2. The van der Waals surface area contributed by atoms with Crippen molar-refractivity contribution in [3.63, 3.8) is 0 Å². The zero-order valence-electron chi connectivity index (χ0n) is 24.4. The number of hydrogen-bond donors (Lipinski definition) is 2. The first kappa shape index (κ1) is 31.2. The molecule has 2 aromatic heterocycles. The topological polar surface area (TPSA) is 162 Å². The standard InChI is InChI=1S/C32H30N4O8/c1-19(2)41-31(39)23-9-5-21(6-10-23)27-15-13-25(43-27)17-33-35-29(37)30(38)36-34-18-26-14-16-28(44-26)22-7-11-24(12-8-22)32(40)42-20(3)4/h5-20H,1-4H3,(H,35,37)(H,36,38)/b33-17-,34-18?. The van der Waals surface area contributed by atoms with E-state index < -0.39 is 23.8 Å². The van der Waals surface area contributed by atoms with Gasteiger partial charge in [-0.15, -0.1) is 0 Å². The Kier molecular flexibility index (Phi) is 10.2. The summed E-state index contributed by atoms with van der Waals surface area (Å²) in [5.74, 6) is -1.26. The van der Waals surface area contributed by atoms with Crippen molar-refractivity contribution in [1.29, 1.82) is 0 Å². The molecule has 0 saturated carbocycles. The van der Waals surface area contributed by atoms with E-state index in [0.717, 1.165) is 11.1 Å². The number of hydrogen-bond acceptors (Lipinski definition) is 10. The third-order valence-electron chi connectivity index (χ3n) is 5.67. The maximum absolute atomic E-state index is 12.0. The lowest BCUT2D eigenvalue weighted by atomic mass is 10.1. The Labute approximate surface area is 252 Å². The first-order chi connectivity index (χ1) is 21.1. The molecule has 0 radical (unpaired) electrons. The summed E-state index contributed by atoms with van der Waals surface area (Å²) in [4.78, 5) is 48.1. The summed E-state index contributed by atoms with van der Waals surface area (Å²) in [6.07, 6.45) is 2.03. The third-order valence-corrected chi connectivity index (χ3v) is 5.67. The molecule has 2 N–H and O–H groups in total. The molecule has 226 valence electrons. The SMILES string of the molecule is CC(C)OC(=O)c1ccc(-c2ccc(C=NNC(=O)C(=O)N/N=C\c3ccc(-c4ccc(C(=O)OC(C)C)cc4)o3)o2)cc1. The number of nitrogens with one attached hydrogen (secondary N) is 2. The molecule has 0 aliphatic rings. The molecule has 2 aromatic carbocycles. The molecule has 2 heterocycles. The average molecular weight is 599 g/mol. The summed E-state index contributed by atoms with van der Waals surface area (Å²) < 4.78 is 21.7. The van der Waals surface area contributed by atoms with E-state index in [9.17, 15) is 19.2 Å². The molecule has 0 unspecified atom stereocenters. The van der Waals surface area contributed by atoms with Gasteiger partial charge in [0.15, 0.2) is 0 Å². The molecule has 0 aliphatic carbocycles. The molecule has 4 rings (SSSR count). The highest BCUT2D eigenvalue weighted by Gasteiger charge is 2.14. The van der Waals surface area contributed by atoms with Crippen molar-refractivity contribution in [3.8, 4) is 22.6 Å². The Hall–Kier alpha value is -5.78. The molecular weight excluding hydrogens is 568 g/mol. The van der Waals surface area contributed by atoms with E-state index in [1.165, 1.54) is 12.4 Å². The minimum atomic E-state index is -1.05. The van der Waals surface area contributed by atoms with E-state index in [1.807, 2.05) is 0 Å². The predicted octanol–water partition coefficient (Wildman–Crippen LogP) is 4.94. The van der Waals surface area contributed by atoms with Crippen molar-refractivity contribution >= 4 is 36.2 Å². The maximum atomic E-state index is 12.0. The lowest BCUT2D eigenvalue weighted by Crippen LogP contribution is -2.35. The van der Waals surface area contributed by atoms with Gasteiger partial charge in [-0.1, -0.05) is 24.3 Å².